The number of benzene rings is 1. The Morgan fingerprint density at radius 2 is 1.95 bits per heavy atom. The summed E-state index contributed by atoms with van der Waals surface area (Å²) >= 11 is 0. The summed E-state index contributed by atoms with van der Waals surface area (Å²) in [5, 5.41) is 3.80. The van der Waals surface area contributed by atoms with E-state index in [9.17, 15) is 4.79 Å². The van der Waals surface area contributed by atoms with E-state index in [2.05, 4.69) is 15.3 Å². The van der Waals surface area contributed by atoms with Crippen molar-refractivity contribution in [2.24, 2.45) is 5.10 Å². The lowest BCUT2D eigenvalue weighted by molar-refractivity contribution is 0.171. The Labute approximate surface area is 125 Å². The number of amides is 1. The predicted molar refractivity (Wildman–Crippen MR) is 81.1 cm³/mol. The van der Waals surface area contributed by atoms with E-state index in [1.54, 1.807) is 0 Å². The molecular weight excluding hydrogens is 272 g/mol. The van der Waals surface area contributed by atoms with Crippen molar-refractivity contribution in [2.75, 3.05) is 20.3 Å². The first-order chi connectivity index (χ1) is 10.2. The molecule has 116 valence electrons. The maximum Gasteiger partial charge on any atom is 0.427 e. The van der Waals surface area contributed by atoms with Crippen LogP contribution in [-0.2, 0) is 4.74 Å². The third kappa shape index (κ3) is 6.16. The van der Waals surface area contributed by atoms with E-state index in [0.717, 1.165) is 24.2 Å². The molecule has 0 spiro atoms. The van der Waals surface area contributed by atoms with Crippen LogP contribution < -0.4 is 14.9 Å². The van der Waals surface area contributed by atoms with Crippen LogP contribution in [0.15, 0.2) is 23.3 Å². The maximum atomic E-state index is 10.9. The highest BCUT2D eigenvalue weighted by Gasteiger charge is 2.05. The van der Waals surface area contributed by atoms with E-state index in [1.807, 2.05) is 32.0 Å². The number of hydrogen-bond donors (Lipinski definition) is 1. The molecule has 0 radical (unpaired) electrons. The van der Waals surface area contributed by atoms with Crippen LogP contribution in [0.3, 0.4) is 0 Å². The summed E-state index contributed by atoms with van der Waals surface area (Å²) < 4.78 is 15.7. The Kier molecular flexibility index (Phi) is 7.71. The van der Waals surface area contributed by atoms with Crippen LogP contribution in [0.4, 0.5) is 4.79 Å². The Bertz CT molecular complexity index is 475. The predicted octanol–water partition coefficient (Wildman–Crippen LogP) is 2.95. The highest BCUT2D eigenvalue weighted by atomic mass is 16.5. The molecule has 0 unspecified atom stereocenters. The first-order valence-electron chi connectivity index (χ1n) is 6.97. The van der Waals surface area contributed by atoms with Gasteiger partial charge in [0.2, 0.25) is 0 Å². The van der Waals surface area contributed by atoms with Gasteiger partial charge in [-0.15, -0.1) is 0 Å². The minimum atomic E-state index is -0.620. The second-order valence-electron chi connectivity index (χ2n) is 4.26. The summed E-state index contributed by atoms with van der Waals surface area (Å²) in [5.74, 6) is 1.42. The maximum absolute atomic E-state index is 10.9. The van der Waals surface area contributed by atoms with Crippen LogP contribution in [0.5, 0.6) is 11.5 Å². The molecular formula is C15H22N2O4. The summed E-state index contributed by atoms with van der Waals surface area (Å²) in [6.07, 6.45) is 2.73. The quantitative estimate of drug-likeness (QED) is 0.591. The van der Waals surface area contributed by atoms with Crippen LogP contribution in [0.25, 0.3) is 0 Å². The summed E-state index contributed by atoms with van der Waals surface area (Å²) in [5.41, 5.74) is 2.99. The fourth-order valence-corrected chi connectivity index (χ4v) is 1.47. The molecule has 6 nitrogen and oxygen atoms in total. The monoisotopic (exact) mass is 294 g/mol. The van der Waals surface area contributed by atoms with Gasteiger partial charge in [-0.2, -0.15) is 5.10 Å². The summed E-state index contributed by atoms with van der Waals surface area (Å²) in [7, 11) is 1.28. The van der Waals surface area contributed by atoms with Gasteiger partial charge >= 0.3 is 6.09 Å². The van der Waals surface area contributed by atoms with E-state index in [4.69, 9.17) is 9.47 Å². The van der Waals surface area contributed by atoms with Crippen molar-refractivity contribution in [2.45, 2.75) is 26.7 Å². The van der Waals surface area contributed by atoms with Gasteiger partial charge < -0.3 is 14.2 Å². The van der Waals surface area contributed by atoms with Gasteiger partial charge in [0.1, 0.15) is 11.5 Å². The molecule has 0 heterocycles. The fraction of sp³-hybridized carbons (Fsp3) is 0.467. The fourth-order valence-electron chi connectivity index (χ4n) is 1.47. The second kappa shape index (κ2) is 9.63. The molecule has 1 amide bonds. The Balaban J connectivity index is 2.82. The van der Waals surface area contributed by atoms with Crippen molar-refractivity contribution in [3.8, 4) is 11.5 Å². The minimum absolute atomic E-state index is 0.600. The molecule has 1 aromatic rings. The lowest BCUT2D eigenvalue weighted by Crippen LogP contribution is -2.16. The SMILES string of the molecule is CCCOc1ccc(/C=N\NC(=O)OC)c(OCCC)c1. The van der Waals surface area contributed by atoms with Gasteiger partial charge in [0.25, 0.3) is 0 Å². The van der Waals surface area contributed by atoms with Gasteiger partial charge in [-0.3, -0.25) is 0 Å². The molecule has 1 aromatic carbocycles. The van der Waals surface area contributed by atoms with E-state index < -0.39 is 6.09 Å². The standard InChI is InChI=1S/C15H22N2O4/c1-4-8-20-13-7-6-12(11-16-17-15(18)19-3)14(10-13)21-9-5-2/h6-7,10-11H,4-5,8-9H2,1-3H3,(H,17,18)/b16-11-. The molecule has 1 rings (SSSR count). The third-order valence-corrected chi connectivity index (χ3v) is 2.46. The van der Waals surface area contributed by atoms with Crippen molar-refractivity contribution in [3.63, 3.8) is 0 Å². The van der Waals surface area contributed by atoms with Crippen LogP contribution in [-0.4, -0.2) is 32.6 Å². The normalized spacial score (nSPS) is 10.4. The molecule has 0 fully saturated rings. The first-order valence-corrected chi connectivity index (χ1v) is 6.97. The average molecular weight is 294 g/mol. The topological polar surface area (TPSA) is 69.2 Å². The number of carbonyl (C=O) groups is 1. The molecule has 0 bridgehead atoms. The van der Waals surface area contributed by atoms with E-state index in [-0.39, 0.29) is 0 Å². The number of ether oxygens (including phenoxy) is 3. The van der Waals surface area contributed by atoms with Crippen molar-refractivity contribution < 1.29 is 19.0 Å². The number of nitrogens with zero attached hydrogens (tertiary/aromatic N) is 1. The Hall–Kier alpha value is -2.24. The van der Waals surface area contributed by atoms with E-state index in [0.29, 0.717) is 19.0 Å². The van der Waals surface area contributed by atoms with Crippen LogP contribution in [0.1, 0.15) is 32.3 Å². The number of hydrazone groups is 1. The largest absolute Gasteiger partial charge is 0.493 e. The molecule has 0 aliphatic carbocycles. The summed E-state index contributed by atoms with van der Waals surface area (Å²) in [4.78, 5) is 10.9. The van der Waals surface area contributed by atoms with Gasteiger partial charge in [-0.05, 0) is 25.0 Å². The van der Waals surface area contributed by atoms with Crippen molar-refractivity contribution in [3.05, 3.63) is 23.8 Å². The van der Waals surface area contributed by atoms with Crippen molar-refractivity contribution in [1.82, 2.24) is 5.43 Å². The number of hydrogen-bond acceptors (Lipinski definition) is 5. The number of rotatable bonds is 8. The number of carbonyl (C=O) groups excluding carboxylic acids is 1. The summed E-state index contributed by atoms with van der Waals surface area (Å²) in [6.45, 7) is 5.34. The zero-order valence-electron chi connectivity index (χ0n) is 12.7. The molecule has 0 aromatic heterocycles. The van der Waals surface area contributed by atoms with Gasteiger partial charge in [0.15, 0.2) is 0 Å². The Morgan fingerprint density at radius 3 is 2.62 bits per heavy atom. The molecule has 0 atom stereocenters. The highest BCUT2D eigenvalue weighted by molar-refractivity contribution is 5.84. The van der Waals surface area contributed by atoms with Crippen molar-refractivity contribution in [1.29, 1.82) is 0 Å². The average Bonchev–Trinajstić information content (AvgIpc) is 2.51. The van der Waals surface area contributed by atoms with Crippen LogP contribution >= 0.6 is 0 Å². The molecule has 21 heavy (non-hydrogen) atoms. The number of methoxy groups -OCH3 is 1. The first kappa shape index (κ1) is 16.8. The zero-order chi connectivity index (χ0) is 15.5. The molecule has 0 aliphatic rings. The van der Waals surface area contributed by atoms with Gasteiger partial charge in [0, 0.05) is 11.6 Å². The lowest BCUT2D eigenvalue weighted by Gasteiger charge is -2.11. The third-order valence-electron chi connectivity index (χ3n) is 2.46. The summed E-state index contributed by atoms with van der Waals surface area (Å²) in [6, 6.07) is 5.50. The van der Waals surface area contributed by atoms with Gasteiger partial charge in [-0.25, -0.2) is 10.2 Å². The van der Waals surface area contributed by atoms with Crippen LogP contribution in [0.2, 0.25) is 0 Å². The molecule has 0 aliphatic heterocycles. The molecule has 6 heteroatoms. The van der Waals surface area contributed by atoms with Crippen molar-refractivity contribution >= 4 is 12.3 Å². The smallest absolute Gasteiger partial charge is 0.427 e. The molecule has 0 saturated heterocycles. The zero-order valence-corrected chi connectivity index (χ0v) is 12.7. The lowest BCUT2D eigenvalue weighted by atomic mass is 10.2. The van der Waals surface area contributed by atoms with Gasteiger partial charge in [0.05, 0.1) is 26.5 Å². The van der Waals surface area contributed by atoms with E-state index in [1.165, 1.54) is 13.3 Å². The molecule has 1 N–H and O–H groups in total. The Morgan fingerprint density at radius 1 is 1.24 bits per heavy atom. The van der Waals surface area contributed by atoms with E-state index >= 15 is 0 Å². The van der Waals surface area contributed by atoms with Gasteiger partial charge in [-0.1, -0.05) is 13.8 Å². The minimum Gasteiger partial charge on any atom is -0.493 e. The number of nitrogens with one attached hydrogen (secondary N) is 1. The highest BCUT2D eigenvalue weighted by Crippen LogP contribution is 2.24. The second-order valence-corrected chi connectivity index (χ2v) is 4.26. The molecule has 0 saturated carbocycles. The van der Waals surface area contributed by atoms with Crippen LogP contribution in [0, 0.1) is 0 Å².